The van der Waals surface area contributed by atoms with Crippen molar-refractivity contribution in [3.05, 3.63) is 51.2 Å². The van der Waals surface area contributed by atoms with Crippen molar-refractivity contribution in [2.45, 2.75) is 39.8 Å². The third-order valence-electron chi connectivity index (χ3n) is 4.62. The van der Waals surface area contributed by atoms with Gasteiger partial charge in [0.2, 0.25) is 5.91 Å². The van der Waals surface area contributed by atoms with Crippen LogP contribution in [0, 0.1) is 13.8 Å². The Kier molecular flexibility index (Phi) is 6.20. The predicted molar refractivity (Wildman–Crippen MR) is 103 cm³/mol. The molecule has 0 aromatic carbocycles. The van der Waals surface area contributed by atoms with Crippen LogP contribution >= 0.6 is 0 Å². The lowest BCUT2D eigenvalue weighted by Crippen LogP contribution is -2.39. The molecular weight excluding hydrogens is 346 g/mol. The standard InChI is InChI=1S/C19H27N5O3/c1-12(10-16-13(2)21-23(6)14(16)3)20-18(26)15-8-7-9-24(19(15)27)11-17(25)22(4)5/h7-9,12H,10-11H2,1-6H3,(H,20,26)/t12-/m1/s1. The maximum atomic E-state index is 12.6. The number of carbonyl (C=O) groups is 2. The van der Waals surface area contributed by atoms with Crippen molar-refractivity contribution in [3.63, 3.8) is 0 Å². The summed E-state index contributed by atoms with van der Waals surface area (Å²) >= 11 is 0. The molecule has 0 spiro atoms. The minimum atomic E-state index is -0.480. The van der Waals surface area contributed by atoms with Gasteiger partial charge in [-0.2, -0.15) is 5.10 Å². The molecule has 0 saturated carbocycles. The Morgan fingerprint density at radius 1 is 1.30 bits per heavy atom. The fraction of sp³-hybridized carbons (Fsp3) is 0.474. The van der Waals surface area contributed by atoms with E-state index in [-0.39, 0.29) is 24.1 Å². The Hall–Kier alpha value is -2.90. The van der Waals surface area contributed by atoms with E-state index in [0.29, 0.717) is 6.42 Å². The lowest BCUT2D eigenvalue weighted by molar-refractivity contribution is -0.129. The van der Waals surface area contributed by atoms with Gasteiger partial charge in [0.05, 0.1) is 5.69 Å². The van der Waals surface area contributed by atoms with E-state index in [4.69, 9.17) is 0 Å². The first-order valence-corrected chi connectivity index (χ1v) is 8.81. The van der Waals surface area contributed by atoms with Crippen molar-refractivity contribution in [2.24, 2.45) is 7.05 Å². The zero-order valence-electron chi connectivity index (χ0n) is 16.7. The number of aryl methyl sites for hydroxylation is 2. The van der Waals surface area contributed by atoms with E-state index in [1.54, 1.807) is 20.2 Å². The van der Waals surface area contributed by atoms with Crippen LogP contribution in [0.5, 0.6) is 0 Å². The first kappa shape index (κ1) is 20.4. The second kappa shape index (κ2) is 8.20. The monoisotopic (exact) mass is 373 g/mol. The normalized spacial score (nSPS) is 11.9. The summed E-state index contributed by atoms with van der Waals surface area (Å²) in [5.74, 6) is -0.663. The van der Waals surface area contributed by atoms with Crippen LogP contribution in [-0.4, -0.2) is 51.2 Å². The highest BCUT2D eigenvalue weighted by molar-refractivity contribution is 5.94. The van der Waals surface area contributed by atoms with E-state index < -0.39 is 11.5 Å². The second-order valence-corrected chi connectivity index (χ2v) is 6.99. The summed E-state index contributed by atoms with van der Waals surface area (Å²) in [5.41, 5.74) is 2.62. The molecule has 2 heterocycles. The molecule has 8 nitrogen and oxygen atoms in total. The number of hydrogen-bond acceptors (Lipinski definition) is 4. The Labute approximate surface area is 158 Å². The molecule has 0 aliphatic heterocycles. The van der Waals surface area contributed by atoms with Gasteiger partial charge in [-0.1, -0.05) is 0 Å². The van der Waals surface area contributed by atoms with E-state index >= 15 is 0 Å². The van der Waals surface area contributed by atoms with Gasteiger partial charge in [-0.3, -0.25) is 19.1 Å². The van der Waals surface area contributed by atoms with E-state index in [1.165, 1.54) is 21.7 Å². The average Bonchev–Trinajstić information content (AvgIpc) is 2.82. The van der Waals surface area contributed by atoms with Gasteiger partial charge in [0.25, 0.3) is 11.5 Å². The maximum absolute atomic E-state index is 12.6. The molecule has 0 bridgehead atoms. The number of pyridine rings is 1. The molecule has 0 fully saturated rings. The number of nitrogens with zero attached hydrogens (tertiary/aromatic N) is 4. The molecule has 0 radical (unpaired) electrons. The summed E-state index contributed by atoms with van der Waals surface area (Å²) in [5, 5.41) is 7.25. The highest BCUT2D eigenvalue weighted by Crippen LogP contribution is 2.14. The summed E-state index contributed by atoms with van der Waals surface area (Å²) in [6.07, 6.45) is 2.13. The van der Waals surface area contributed by atoms with Crippen LogP contribution in [0.25, 0.3) is 0 Å². The van der Waals surface area contributed by atoms with Crippen LogP contribution in [-0.2, 0) is 24.8 Å². The number of hydrogen-bond donors (Lipinski definition) is 1. The molecule has 1 atom stereocenters. The smallest absolute Gasteiger partial charge is 0.263 e. The molecule has 0 saturated heterocycles. The molecule has 0 aliphatic carbocycles. The van der Waals surface area contributed by atoms with Crippen molar-refractivity contribution in [1.82, 2.24) is 24.6 Å². The predicted octanol–water partition coefficient (Wildman–Crippen LogP) is 0.648. The van der Waals surface area contributed by atoms with E-state index in [2.05, 4.69) is 10.4 Å². The lowest BCUT2D eigenvalue weighted by atomic mass is 10.0. The number of amides is 2. The highest BCUT2D eigenvalue weighted by atomic mass is 16.2. The van der Waals surface area contributed by atoms with Crippen molar-refractivity contribution >= 4 is 11.8 Å². The number of aromatic nitrogens is 3. The number of likely N-dealkylation sites (N-methyl/N-ethyl adjacent to an activating group) is 1. The molecule has 2 rings (SSSR count). The van der Waals surface area contributed by atoms with Crippen LogP contribution in [0.1, 0.15) is 34.2 Å². The quantitative estimate of drug-likeness (QED) is 0.805. The second-order valence-electron chi connectivity index (χ2n) is 6.99. The topological polar surface area (TPSA) is 89.2 Å². The van der Waals surface area contributed by atoms with Crippen LogP contribution < -0.4 is 10.9 Å². The minimum Gasteiger partial charge on any atom is -0.349 e. The summed E-state index contributed by atoms with van der Waals surface area (Å²) in [7, 11) is 5.12. The summed E-state index contributed by atoms with van der Waals surface area (Å²) < 4.78 is 3.06. The first-order valence-electron chi connectivity index (χ1n) is 8.81. The van der Waals surface area contributed by atoms with Gasteiger partial charge in [0.1, 0.15) is 12.1 Å². The zero-order valence-corrected chi connectivity index (χ0v) is 16.7. The number of carbonyl (C=O) groups excluding carboxylic acids is 2. The molecular formula is C19H27N5O3. The lowest BCUT2D eigenvalue weighted by Gasteiger charge is -2.15. The molecule has 0 unspecified atom stereocenters. The van der Waals surface area contributed by atoms with Gasteiger partial charge in [0.15, 0.2) is 0 Å². The molecule has 2 amide bonds. The molecule has 1 N–H and O–H groups in total. The number of rotatable bonds is 6. The van der Waals surface area contributed by atoms with Crippen LogP contribution in [0.15, 0.2) is 23.1 Å². The summed E-state index contributed by atoms with van der Waals surface area (Å²) in [4.78, 5) is 38.4. The third-order valence-corrected chi connectivity index (χ3v) is 4.62. The Morgan fingerprint density at radius 3 is 2.52 bits per heavy atom. The fourth-order valence-electron chi connectivity index (χ4n) is 2.89. The van der Waals surface area contributed by atoms with Gasteiger partial charge >= 0.3 is 0 Å². The Balaban J connectivity index is 2.13. The van der Waals surface area contributed by atoms with Crippen LogP contribution in [0.3, 0.4) is 0 Å². The van der Waals surface area contributed by atoms with Crippen molar-refractivity contribution in [3.8, 4) is 0 Å². The average molecular weight is 373 g/mol. The van der Waals surface area contributed by atoms with Gasteiger partial charge < -0.3 is 14.8 Å². The van der Waals surface area contributed by atoms with E-state index in [1.807, 2.05) is 32.5 Å². The Bertz CT molecular complexity index is 911. The maximum Gasteiger partial charge on any atom is 0.263 e. The SMILES string of the molecule is Cc1nn(C)c(C)c1C[C@@H](C)NC(=O)c1cccn(CC(=O)N(C)C)c1=O. The number of nitrogens with one attached hydrogen (secondary N) is 1. The van der Waals surface area contributed by atoms with Crippen LogP contribution in [0.2, 0.25) is 0 Å². The first-order chi connectivity index (χ1) is 12.6. The zero-order chi connectivity index (χ0) is 20.3. The summed E-state index contributed by atoms with van der Waals surface area (Å²) in [6, 6.07) is 2.90. The van der Waals surface area contributed by atoms with Gasteiger partial charge in [-0.05, 0) is 44.9 Å². The van der Waals surface area contributed by atoms with E-state index in [9.17, 15) is 14.4 Å². The molecule has 0 aliphatic rings. The molecule has 2 aromatic heterocycles. The third kappa shape index (κ3) is 4.64. The van der Waals surface area contributed by atoms with Crippen molar-refractivity contribution in [1.29, 1.82) is 0 Å². The van der Waals surface area contributed by atoms with Crippen LogP contribution in [0.4, 0.5) is 0 Å². The molecule has 146 valence electrons. The Morgan fingerprint density at radius 2 is 1.96 bits per heavy atom. The molecule has 2 aromatic rings. The minimum absolute atomic E-state index is 0.0236. The van der Waals surface area contributed by atoms with Crippen molar-refractivity contribution < 1.29 is 9.59 Å². The van der Waals surface area contributed by atoms with Gasteiger partial charge in [0, 0.05) is 39.1 Å². The molecule has 8 heteroatoms. The summed E-state index contributed by atoms with van der Waals surface area (Å²) in [6.45, 7) is 5.72. The fourth-order valence-corrected chi connectivity index (χ4v) is 2.89. The largest absolute Gasteiger partial charge is 0.349 e. The highest BCUT2D eigenvalue weighted by Gasteiger charge is 2.18. The van der Waals surface area contributed by atoms with Gasteiger partial charge in [-0.15, -0.1) is 0 Å². The van der Waals surface area contributed by atoms with Gasteiger partial charge in [-0.25, -0.2) is 0 Å². The van der Waals surface area contributed by atoms with Crippen molar-refractivity contribution in [2.75, 3.05) is 14.1 Å². The molecule has 27 heavy (non-hydrogen) atoms. The van der Waals surface area contributed by atoms with E-state index in [0.717, 1.165) is 17.0 Å².